The number of oxazole rings is 2. The number of amides is 1. The number of Topliss-reactive ketones (excluding diaryl/α,β-unsaturated/α-hetero) is 1. The van der Waals surface area contributed by atoms with Gasteiger partial charge in [0.05, 0.1) is 5.69 Å². The van der Waals surface area contributed by atoms with Crippen molar-refractivity contribution >= 4 is 17.4 Å². The monoisotopic (exact) mass is 624 g/mol. The summed E-state index contributed by atoms with van der Waals surface area (Å²) >= 11 is 0. The molecule has 0 fully saturated rings. The number of ketones is 1. The number of aliphatic hydroxyl groups excluding tert-OH is 1. The van der Waals surface area contributed by atoms with Crippen molar-refractivity contribution in [2.45, 2.75) is 84.6 Å². The minimum absolute atomic E-state index is 0.105. The maximum atomic E-state index is 14.1. The second kappa shape index (κ2) is 10.8. The van der Waals surface area contributed by atoms with Crippen LogP contribution in [0.3, 0.4) is 0 Å². The summed E-state index contributed by atoms with van der Waals surface area (Å²) < 4.78 is 19.5. The molecule has 2 aromatic carbocycles. The first kappa shape index (κ1) is 30.2. The van der Waals surface area contributed by atoms with E-state index in [1.165, 1.54) is 0 Å². The van der Waals surface area contributed by atoms with E-state index in [4.69, 9.17) is 23.5 Å². The highest BCUT2D eigenvalue weighted by Gasteiger charge is 2.61. The number of fused-ring (bicyclic) bond motifs is 4. The summed E-state index contributed by atoms with van der Waals surface area (Å²) in [6.07, 6.45) is 0.790. The standard InChI is InChI=1S/C36H40N4O6/c1-7-21-17-44-32(37-21)27-30-36-22-10-8-9-11-24(22)38-34(36)45-26-13-12-19(15-23(26)36)14-20(16-25(41)28(42)18(2)3)31(43)40-29(35(4,5)6)33(39-27)46-30/h8-13,15,17-18,20,28-29,34,38,42H,7,14,16H2,1-6H3,(H,40,43)/t20-,28+,29-,34+,36?/m1/s1. The number of rotatable bonds is 6. The van der Waals surface area contributed by atoms with Crippen molar-refractivity contribution in [1.82, 2.24) is 15.3 Å². The van der Waals surface area contributed by atoms with Crippen LogP contribution in [0.5, 0.6) is 5.75 Å². The maximum absolute atomic E-state index is 14.1. The largest absolute Gasteiger partial charge is 0.469 e. The Morgan fingerprint density at radius 2 is 1.89 bits per heavy atom. The third-order valence-corrected chi connectivity index (χ3v) is 9.53. The molecule has 2 aromatic heterocycles. The Bertz CT molecular complexity index is 1830. The van der Waals surface area contributed by atoms with Crippen molar-refractivity contribution in [2.24, 2.45) is 17.3 Å². The molecule has 1 amide bonds. The van der Waals surface area contributed by atoms with Crippen LogP contribution in [0.4, 0.5) is 5.69 Å². The lowest BCUT2D eigenvalue weighted by atomic mass is 9.72. The molecule has 0 aliphatic carbocycles. The molecule has 5 heterocycles. The van der Waals surface area contributed by atoms with Crippen LogP contribution in [0.1, 0.15) is 88.0 Å². The summed E-state index contributed by atoms with van der Waals surface area (Å²) in [5.74, 6) is 0.147. The fraction of sp³-hybridized carbons (Fsp3) is 0.444. The van der Waals surface area contributed by atoms with Gasteiger partial charge in [0, 0.05) is 23.6 Å². The third kappa shape index (κ3) is 4.64. The quantitative estimate of drug-likeness (QED) is 0.246. The number of nitrogens with zero attached hydrogens (tertiary/aromatic N) is 2. The molecule has 0 radical (unpaired) electrons. The Hall–Kier alpha value is -4.44. The fourth-order valence-electron chi connectivity index (χ4n) is 6.99. The van der Waals surface area contributed by atoms with Gasteiger partial charge in [-0.05, 0) is 47.4 Å². The molecule has 1 spiro atoms. The number of aromatic nitrogens is 2. The molecule has 3 aliphatic rings. The highest BCUT2D eigenvalue weighted by Crippen LogP contribution is 2.59. The average Bonchev–Trinajstić information content (AvgIpc) is 3.78. The first-order valence-corrected chi connectivity index (χ1v) is 16.0. The molecule has 46 heavy (non-hydrogen) atoms. The molecule has 10 nitrogen and oxygen atoms in total. The second-order valence-electron chi connectivity index (χ2n) is 14.1. The third-order valence-electron chi connectivity index (χ3n) is 9.53. The topological polar surface area (TPSA) is 140 Å². The average molecular weight is 625 g/mol. The van der Waals surface area contributed by atoms with Gasteiger partial charge in [-0.15, -0.1) is 0 Å². The SMILES string of the molecule is CCc1coc(-c2nc3oc2C24c5ccccc5N[C@H]2Oc2ccc(cc24)C[C@H](CC(=O)[C@@H](O)C(C)C)C(=O)N[C@H]3C(C)(C)C)n1. The molecule has 4 aromatic rings. The van der Waals surface area contributed by atoms with Gasteiger partial charge in [-0.25, -0.2) is 9.97 Å². The molecular formula is C36H40N4O6. The first-order valence-electron chi connectivity index (χ1n) is 16.0. The Balaban J connectivity index is 1.49. The van der Waals surface area contributed by atoms with Gasteiger partial charge >= 0.3 is 0 Å². The molecule has 3 aliphatic heterocycles. The Kier molecular flexibility index (Phi) is 7.12. The molecule has 7 rings (SSSR count). The van der Waals surface area contributed by atoms with E-state index in [0.29, 0.717) is 41.8 Å². The van der Waals surface area contributed by atoms with Crippen molar-refractivity contribution in [1.29, 1.82) is 0 Å². The van der Waals surface area contributed by atoms with E-state index in [1.807, 2.05) is 64.1 Å². The summed E-state index contributed by atoms with van der Waals surface area (Å²) in [6.45, 7) is 11.6. The highest BCUT2D eigenvalue weighted by atomic mass is 16.5. The molecule has 5 atom stereocenters. The lowest BCUT2D eigenvalue weighted by Crippen LogP contribution is -2.42. The van der Waals surface area contributed by atoms with Crippen molar-refractivity contribution in [3.05, 3.63) is 82.8 Å². The number of para-hydroxylation sites is 1. The first-order chi connectivity index (χ1) is 21.9. The van der Waals surface area contributed by atoms with Crippen molar-refractivity contribution in [3.8, 4) is 17.3 Å². The second-order valence-corrected chi connectivity index (χ2v) is 14.1. The zero-order valence-corrected chi connectivity index (χ0v) is 27.0. The van der Waals surface area contributed by atoms with Crippen molar-refractivity contribution in [3.63, 3.8) is 0 Å². The maximum Gasteiger partial charge on any atom is 0.249 e. The van der Waals surface area contributed by atoms with E-state index in [1.54, 1.807) is 20.1 Å². The number of hydrogen-bond donors (Lipinski definition) is 3. The Morgan fingerprint density at radius 3 is 2.61 bits per heavy atom. The normalized spacial score (nSPS) is 23.8. The summed E-state index contributed by atoms with van der Waals surface area (Å²) in [6, 6.07) is 13.3. The van der Waals surface area contributed by atoms with E-state index in [0.717, 1.165) is 28.1 Å². The molecule has 1 unspecified atom stereocenters. The zero-order valence-electron chi connectivity index (χ0n) is 27.0. The zero-order chi connectivity index (χ0) is 32.5. The molecule has 4 bridgehead atoms. The molecule has 240 valence electrons. The van der Waals surface area contributed by atoms with Crippen LogP contribution in [0.25, 0.3) is 11.6 Å². The van der Waals surface area contributed by atoms with Crippen molar-refractivity contribution < 1.29 is 28.3 Å². The predicted molar refractivity (Wildman–Crippen MR) is 170 cm³/mol. The van der Waals surface area contributed by atoms with Gasteiger partial charge in [0.2, 0.25) is 17.7 Å². The highest BCUT2D eigenvalue weighted by molar-refractivity contribution is 5.89. The van der Waals surface area contributed by atoms with Gasteiger partial charge < -0.3 is 29.3 Å². The number of ether oxygens (including phenoxy) is 1. The van der Waals surface area contributed by atoms with Crippen LogP contribution in [0.15, 0.2) is 57.6 Å². The van der Waals surface area contributed by atoms with Crippen LogP contribution in [-0.4, -0.2) is 39.1 Å². The molecule has 0 saturated heterocycles. The van der Waals surface area contributed by atoms with Gasteiger partial charge in [0.15, 0.2) is 23.5 Å². The van der Waals surface area contributed by atoms with Gasteiger partial charge in [0.25, 0.3) is 0 Å². The smallest absolute Gasteiger partial charge is 0.249 e. The number of carbonyl (C=O) groups is 2. The number of anilines is 1. The van der Waals surface area contributed by atoms with Crippen LogP contribution in [0.2, 0.25) is 0 Å². The number of hydrogen-bond acceptors (Lipinski definition) is 9. The summed E-state index contributed by atoms with van der Waals surface area (Å²) in [5.41, 5.74) is 3.31. The van der Waals surface area contributed by atoms with Gasteiger partial charge in [-0.1, -0.05) is 71.9 Å². The molecule has 3 N–H and O–H groups in total. The van der Waals surface area contributed by atoms with Crippen LogP contribution >= 0.6 is 0 Å². The lowest BCUT2D eigenvalue weighted by Gasteiger charge is -2.32. The van der Waals surface area contributed by atoms with Crippen LogP contribution in [0, 0.1) is 17.3 Å². The van der Waals surface area contributed by atoms with E-state index in [9.17, 15) is 14.7 Å². The summed E-state index contributed by atoms with van der Waals surface area (Å²) in [5, 5.41) is 17.4. The van der Waals surface area contributed by atoms with Gasteiger partial charge in [-0.2, -0.15) is 0 Å². The molecule has 10 heteroatoms. The number of carbonyl (C=O) groups excluding carboxylic acids is 2. The minimum Gasteiger partial charge on any atom is -0.469 e. The predicted octanol–water partition coefficient (Wildman–Crippen LogP) is 5.72. The van der Waals surface area contributed by atoms with E-state index < -0.39 is 35.1 Å². The Labute approximate surface area is 268 Å². The lowest BCUT2D eigenvalue weighted by molar-refractivity contribution is -0.135. The van der Waals surface area contributed by atoms with Gasteiger partial charge in [-0.3, -0.25) is 9.59 Å². The van der Waals surface area contributed by atoms with Crippen LogP contribution < -0.4 is 15.4 Å². The van der Waals surface area contributed by atoms with Gasteiger partial charge in [0.1, 0.15) is 29.6 Å². The summed E-state index contributed by atoms with van der Waals surface area (Å²) in [7, 11) is 0. The number of nitrogens with one attached hydrogen (secondary N) is 2. The minimum atomic E-state index is -1.16. The van der Waals surface area contributed by atoms with Crippen molar-refractivity contribution in [2.75, 3.05) is 5.32 Å². The van der Waals surface area contributed by atoms with E-state index in [-0.39, 0.29) is 24.0 Å². The van der Waals surface area contributed by atoms with Crippen LogP contribution in [-0.2, 0) is 27.8 Å². The fourth-order valence-corrected chi connectivity index (χ4v) is 6.99. The van der Waals surface area contributed by atoms with E-state index >= 15 is 0 Å². The molecule has 0 saturated carbocycles. The summed E-state index contributed by atoms with van der Waals surface area (Å²) in [4.78, 5) is 37.1. The number of aliphatic hydroxyl groups is 1. The Morgan fingerprint density at radius 1 is 1.11 bits per heavy atom. The number of aryl methyl sites for hydroxylation is 1. The molecular weight excluding hydrogens is 584 g/mol. The number of benzene rings is 2. The van der Waals surface area contributed by atoms with E-state index in [2.05, 4.69) is 16.7 Å².